The van der Waals surface area contributed by atoms with Crippen LogP contribution in [0.1, 0.15) is 44.0 Å². The minimum atomic E-state index is -0.0819. The number of hydrogen-bond donors (Lipinski definition) is 0. The molecule has 6 nitrogen and oxygen atoms in total. The highest BCUT2D eigenvalue weighted by atomic mass is 35.5. The average molecular weight is 459 g/mol. The molecule has 0 bridgehead atoms. The van der Waals surface area contributed by atoms with Crippen molar-refractivity contribution in [2.45, 2.75) is 45.7 Å². The van der Waals surface area contributed by atoms with Crippen LogP contribution in [0.2, 0.25) is 10.0 Å². The number of benzene rings is 1. The van der Waals surface area contributed by atoms with Crippen LogP contribution in [0.5, 0.6) is 0 Å². The maximum absolute atomic E-state index is 6.48. The van der Waals surface area contributed by atoms with Gasteiger partial charge in [-0.3, -0.25) is 4.90 Å². The third kappa shape index (κ3) is 3.79. The van der Waals surface area contributed by atoms with Crippen LogP contribution in [-0.2, 0) is 0 Å². The van der Waals surface area contributed by atoms with Crippen LogP contribution in [0.25, 0.3) is 11.2 Å². The molecule has 3 aromatic rings. The molecule has 2 aliphatic heterocycles. The van der Waals surface area contributed by atoms with Gasteiger partial charge in [-0.15, -0.1) is 0 Å². The lowest BCUT2D eigenvalue weighted by Gasteiger charge is -2.46. The zero-order valence-electron chi connectivity index (χ0n) is 18.2. The maximum atomic E-state index is 6.48. The van der Waals surface area contributed by atoms with Crippen LogP contribution in [0, 0.1) is 12.8 Å². The van der Waals surface area contributed by atoms with Gasteiger partial charge >= 0.3 is 0 Å². The Labute approximate surface area is 193 Å². The summed E-state index contributed by atoms with van der Waals surface area (Å²) >= 11 is 12.6. The smallest absolute Gasteiger partial charge is 0.179 e. The molecule has 31 heavy (non-hydrogen) atoms. The predicted octanol–water partition coefficient (Wildman–Crippen LogP) is 4.97. The Kier molecular flexibility index (Phi) is 5.57. The number of fused-ring (bicyclic) bond motifs is 1. The minimum absolute atomic E-state index is 0.0819. The van der Waals surface area contributed by atoms with Crippen LogP contribution in [-0.4, -0.2) is 56.9 Å². The van der Waals surface area contributed by atoms with E-state index in [0.717, 1.165) is 41.3 Å². The number of piperidine rings is 1. The van der Waals surface area contributed by atoms with Gasteiger partial charge in [0.15, 0.2) is 5.65 Å². The van der Waals surface area contributed by atoms with Gasteiger partial charge in [-0.1, -0.05) is 36.2 Å². The van der Waals surface area contributed by atoms with E-state index in [2.05, 4.69) is 23.6 Å². The number of anilines is 1. The lowest BCUT2D eigenvalue weighted by molar-refractivity contribution is 0.0696. The summed E-state index contributed by atoms with van der Waals surface area (Å²) < 4.78 is 1.94. The third-order valence-electron chi connectivity index (χ3n) is 6.88. The van der Waals surface area contributed by atoms with Crippen LogP contribution in [0.4, 0.5) is 5.82 Å². The molecule has 0 spiro atoms. The molecule has 3 atom stereocenters. The average Bonchev–Trinajstić information content (AvgIpc) is 3.04. The van der Waals surface area contributed by atoms with Crippen LogP contribution in [0.15, 0.2) is 24.4 Å². The lowest BCUT2D eigenvalue weighted by atomic mass is 9.90. The molecule has 2 fully saturated rings. The van der Waals surface area contributed by atoms with Crippen molar-refractivity contribution in [2.75, 3.05) is 31.1 Å². The molecular weight excluding hydrogens is 431 g/mol. The molecule has 0 aliphatic carbocycles. The summed E-state index contributed by atoms with van der Waals surface area (Å²) in [4.78, 5) is 14.8. The van der Waals surface area contributed by atoms with Gasteiger partial charge in [0.05, 0.1) is 17.9 Å². The number of aryl methyl sites for hydroxylation is 1. The summed E-state index contributed by atoms with van der Waals surface area (Å²) in [7, 11) is 0. The van der Waals surface area contributed by atoms with E-state index in [4.69, 9.17) is 38.3 Å². The zero-order valence-corrected chi connectivity index (χ0v) is 19.7. The van der Waals surface area contributed by atoms with Crippen molar-refractivity contribution in [2.24, 2.45) is 5.92 Å². The second-order valence-electron chi connectivity index (χ2n) is 8.94. The third-order valence-corrected chi connectivity index (χ3v) is 7.44. The molecule has 2 saturated heterocycles. The summed E-state index contributed by atoms with van der Waals surface area (Å²) in [5.74, 6) is 1.54. The topological polar surface area (TPSA) is 50.1 Å². The van der Waals surface area contributed by atoms with Gasteiger partial charge in [-0.25, -0.2) is 14.6 Å². The highest BCUT2D eigenvalue weighted by molar-refractivity contribution is 6.35. The Balaban J connectivity index is 1.45. The van der Waals surface area contributed by atoms with Crippen molar-refractivity contribution in [3.8, 4) is 0 Å². The highest BCUT2D eigenvalue weighted by Gasteiger charge is 2.33. The summed E-state index contributed by atoms with van der Waals surface area (Å²) in [6.07, 6.45) is 4.42. The Morgan fingerprint density at radius 3 is 2.65 bits per heavy atom. The fraction of sp³-hybridized carbons (Fsp3) is 0.522. The number of rotatable bonds is 4. The van der Waals surface area contributed by atoms with E-state index in [1.807, 2.05) is 29.9 Å². The molecule has 5 rings (SSSR count). The van der Waals surface area contributed by atoms with Gasteiger partial charge in [-0.2, -0.15) is 5.10 Å². The van der Waals surface area contributed by atoms with Crippen molar-refractivity contribution in [3.05, 3.63) is 45.7 Å². The summed E-state index contributed by atoms with van der Waals surface area (Å²) in [5.41, 5.74) is 3.47. The quantitative estimate of drug-likeness (QED) is 0.552. The van der Waals surface area contributed by atoms with Crippen molar-refractivity contribution in [1.82, 2.24) is 24.6 Å². The fourth-order valence-corrected chi connectivity index (χ4v) is 5.56. The second kappa shape index (κ2) is 8.23. The first-order chi connectivity index (χ1) is 14.9. The zero-order chi connectivity index (χ0) is 21.7. The Bertz CT molecular complexity index is 1110. The molecule has 2 aromatic heterocycles. The van der Waals surface area contributed by atoms with E-state index in [0.29, 0.717) is 22.0 Å². The van der Waals surface area contributed by atoms with Gasteiger partial charge in [-0.05, 0) is 63.4 Å². The molecule has 8 heteroatoms. The number of halogens is 2. The molecule has 2 aliphatic rings. The second-order valence-corrected chi connectivity index (χ2v) is 9.78. The molecule has 0 saturated carbocycles. The molecule has 1 aromatic carbocycles. The molecule has 0 N–H and O–H groups in total. The Morgan fingerprint density at radius 1 is 1.16 bits per heavy atom. The monoisotopic (exact) mass is 458 g/mol. The van der Waals surface area contributed by atoms with Crippen molar-refractivity contribution >= 4 is 40.2 Å². The first-order valence-electron chi connectivity index (χ1n) is 11.1. The molecule has 164 valence electrons. The van der Waals surface area contributed by atoms with E-state index in [1.165, 1.54) is 25.9 Å². The van der Waals surface area contributed by atoms with Crippen molar-refractivity contribution < 1.29 is 0 Å². The maximum Gasteiger partial charge on any atom is 0.179 e. The van der Waals surface area contributed by atoms with E-state index < -0.39 is 0 Å². The van der Waals surface area contributed by atoms with Crippen molar-refractivity contribution in [3.63, 3.8) is 0 Å². The first kappa shape index (κ1) is 21.0. The normalized spacial score (nSPS) is 23.2. The largest absolute Gasteiger partial charge is 0.355 e. The molecule has 1 unspecified atom stereocenters. The summed E-state index contributed by atoms with van der Waals surface area (Å²) in [5, 5.41) is 6.02. The van der Waals surface area contributed by atoms with E-state index in [1.54, 1.807) is 6.07 Å². The molecule has 4 heterocycles. The standard InChI is InChI=1S/C23H28Cl2N6/c1-14-13-30(10-7-20(14)29-8-4-9-29)21-12-26-22-15(2)28-31(23(22)27-21)16(3)18-6-5-17(24)11-19(18)25/h5-6,11-12,14,16,20H,4,7-10,13H2,1-3H3/t14-,16-,20?/m1/s1. The van der Waals surface area contributed by atoms with Gasteiger partial charge in [0.2, 0.25) is 0 Å². The van der Waals surface area contributed by atoms with Crippen molar-refractivity contribution in [1.29, 1.82) is 0 Å². The fourth-order valence-electron chi connectivity index (χ4n) is 4.99. The molecule has 0 amide bonds. The number of nitrogens with zero attached hydrogens (tertiary/aromatic N) is 6. The lowest BCUT2D eigenvalue weighted by Crippen LogP contribution is -2.54. The highest BCUT2D eigenvalue weighted by Crippen LogP contribution is 2.32. The minimum Gasteiger partial charge on any atom is -0.355 e. The Morgan fingerprint density at radius 2 is 1.97 bits per heavy atom. The van der Waals surface area contributed by atoms with Crippen LogP contribution in [0.3, 0.4) is 0 Å². The van der Waals surface area contributed by atoms with E-state index in [-0.39, 0.29) is 6.04 Å². The van der Waals surface area contributed by atoms with E-state index >= 15 is 0 Å². The number of aromatic nitrogens is 4. The van der Waals surface area contributed by atoms with Crippen LogP contribution >= 0.6 is 23.2 Å². The van der Waals surface area contributed by atoms with Gasteiger partial charge in [0.1, 0.15) is 11.3 Å². The predicted molar refractivity (Wildman–Crippen MR) is 126 cm³/mol. The van der Waals surface area contributed by atoms with Gasteiger partial charge in [0.25, 0.3) is 0 Å². The first-order valence-corrected chi connectivity index (χ1v) is 11.8. The van der Waals surface area contributed by atoms with E-state index in [9.17, 15) is 0 Å². The van der Waals surface area contributed by atoms with Gasteiger partial charge in [0, 0.05) is 29.2 Å². The Hall–Kier alpha value is -1.89. The summed E-state index contributed by atoms with van der Waals surface area (Å²) in [6.45, 7) is 10.9. The summed E-state index contributed by atoms with van der Waals surface area (Å²) in [6, 6.07) is 6.20. The molecule has 0 radical (unpaired) electrons. The number of likely N-dealkylation sites (tertiary alicyclic amines) is 1. The molecular formula is C23H28Cl2N6. The van der Waals surface area contributed by atoms with Gasteiger partial charge < -0.3 is 4.90 Å². The SMILES string of the molecule is Cc1nn([C@H](C)c2ccc(Cl)cc2Cl)c2nc(N3CCC(N4CCC4)[C@H](C)C3)cnc12. The van der Waals surface area contributed by atoms with Crippen LogP contribution < -0.4 is 4.90 Å². The number of hydrogen-bond acceptors (Lipinski definition) is 5.